The summed E-state index contributed by atoms with van der Waals surface area (Å²) in [5, 5.41) is 1.12. The molecule has 0 saturated carbocycles. The minimum absolute atomic E-state index is 0.239. The number of rotatable bonds is 5. The first-order chi connectivity index (χ1) is 12.0. The molecule has 1 atom stereocenters. The van der Waals surface area contributed by atoms with E-state index in [0.717, 1.165) is 16.9 Å². The number of aromatic nitrogens is 2. The van der Waals surface area contributed by atoms with E-state index in [2.05, 4.69) is 4.98 Å². The average Bonchev–Trinajstić information content (AvgIpc) is 3.01. The molecule has 2 N–H and O–H groups in total. The number of hydrogen-bond acceptors (Lipinski definition) is 4. The van der Waals surface area contributed by atoms with Gasteiger partial charge in [0.05, 0.1) is 5.39 Å². The van der Waals surface area contributed by atoms with E-state index in [0.29, 0.717) is 27.5 Å². The molecule has 0 bridgehead atoms. The van der Waals surface area contributed by atoms with Gasteiger partial charge >= 0.3 is 0 Å². The Kier molecular flexibility index (Phi) is 4.92. The minimum Gasteiger partial charge on any atom is -0.368 e. The smallest absolute Gasteiger partial charge is 0.263 e. The fourth-order valence-electron chi connectivity index (χ4n) is 2.82. The molecule has 3 aromatic rings. The summed E-state index contributed by atoms with van der Waals surface area (Å²) in [6.07, 6.45) is 1.23. The van der Waals surface area contributed by atoms with E-state index >= 15 is 0 Å². The first kappa shape index (κ1) is 17.6. The lowest BCUT2D eigenvalue weighted by molar-refractivity contribution is -0.121. The predicted molar refractivity (Wildman–Crippen MR) is 102 cm³/mol. The number of carbonyl (C=O) groups is 1. The van der Waals surface area contributed by atoms with Crippen molar-refractivity contribution in [3.8, 4) is 11.4 Å². The number of hydrogen-bond donors (Lipinski definition) is 1. The summed E-state index contributed by atoms with van der Waals surface area (Å²) in [5.41, 5.74) is 6.03. The summed E-state index contributed by atoms with van der Waals surface area (Å²) in [6.45, 7) is 3.85. The zero-order valence-electron chi connectivity index (χ0n) is 14.0. The first-order valence-corrected chi connectivity index (χ1v) is 9.25. The third kappa shape index (κ3) is 3.19. The van der Waals surface area contributed by atoms with Crippen LogP contribution < -0.4 is 11.3 Å². The third-order valence-corrected chi connectivity index (χ3v) is 5.55. The molecule has 25 heavy (non-hydrogen) atoms. The van der Waals surface area contributed by atoms with Gasteiger partial charge < -0.3 is 5.73 Å². The Balaban J connectivity index is 2.37. The molecular weight excluding hydrogens is 358 g/mol. The number of amides is 1. The van der Waals surface area contributed by atoms with Crippen LogP contribution in [-0.2, 0) is 11.2 Å². The minimum atomic E-state index is -0.750. The molecule has 1 amide bonds. The van der Waals surface area contributed by atoms with Crippen LogP contribution in [-0.4, -0.2) is 15.5 Å². The first-order valence-electron chi connectivity index (χ1n) is 8.06. The summed E-state index contributed by atoms with van der Waals surface area (Å²) in [6, 6.07) is 8.14. The molecule has 1 unspecified atom stereocenters. The van der Waals surface area contributed by atoms with Gasteiger partial charge in [-0.1, -0.05) is 25.4 Å². The van der Waals surface area contributed by atoms with Crippen molar-refractivity contribution in [2.45, 2.75) is 32.7 Å². The number of halogens is 1. The van der Waals surface area contributed by atoms with Crippen LogP contribution in [0.2, 0.25) is 5.02 Å². The zero-order chi connectivity index (χ0) is 18.1. The monoisotopic (exact) mass is 375 g/mol. The number of nitrogens with zero attached hydrogens (tertiary/aromatic N) is 2. The highest BCUT2D eigenvalue weighted by Gasteiger charge is 2.24. The number of aryl methyl sites for hydroxylation is 1. The largest absolute Gasteiger partial charge is 0.368 e. The van der Waals surface area contributed by atoms with E-state index in [4.69, 9.17) is 17.3 Å². The number of carbonyl (C=O) groups excluding carboxylic acids is 1. The molecule has 0 spiro atoms. The van der Waals surface area contributed by atoms with Gasteiger partial charge in [-0.25, -0.2) is 4.98 Å². The van der Waals surface area contributed by atoms with Crippen molar-refractivity contribution in [1.29, 1.82) is 0 Å². The quantitative estimate of drug-likeness (QED) is 0.737. The number of primary amides is 1. The molecule has 1 aromatic carbocycles. The topological polar surface area (TPSA) is 78.0 Å². The second kappa shape index (κ2) is 6.98. The van der Waals surface area contributed by atoms with Gasteiger partial charge in [-0.15, -0.1) is 11.3 Å². The summed E-state index contributed by atoms with van der Waals surface area (Å²) >= 11 is 7.46. The second-order valence-electron chi connectivity index (χ2n) is 5.73. The molecule has 130 valence electrons. The molecule has 0 fully saturated rings. The Bertz CT molecular complexity index is 992. The van der Waals surface area contributed by atoms with Crippen molar-refractivity contribution in [2.24, 2.45) is 5.73 Å². The van der Waals surface area contributed by atoms with Crippen LogP contribution in [0.15, 0.2) is 35.1 Å². The van der Waals surface area contributed by atoms with Gasteiger partial charge in [0.15, 0.2) is 0 Å². The van der Waals surface area contributed by atoms with Gasteiger partial charge in [0.25, 0.3) is 5.56 Å². The molecule has 0 radical (unpaired) electrons. The second-order valence-corrected chi connectivity index (χ2v) is 7.28. The van der Waals surface area contributed by atoms with Crippen molar-refractivity contribution in [2.75, 3.05) is 0 Å². The lowest BCUT2D eigenvalue weighted by atomic mass is 10.1. The lowest BCUT2D eigenvalue weighted by Crippen LogP contribution is -2.35. The molecule has 2 heterocycles. The molecule has 5 nitrogen and oxygen atoms in total. The number of thiophene rings is 1. The summed E-state index contributed by atoms with van der Waals surface area (Å²) in [7, 11) is 0. The number of fused-ring (bicyclic) bond motifs is 1. The van der Waals surface area contributed by atoms with Gasteiger partial charge in [0, 0.05) is 15.5 Å². The highest BCUT2D eigenvalue weighted by molar-refractivity contribution is 7.18. The van der Waals surface area contributed by atoms with Crippen molar-refractivity contribution in [1.82, 2.24) is 9.55 Å². The van der Waals surface area contributed by atoms with Crippen molar-refractivity contribution >= 4 is 39.1 Å². The van der Waals surface area contributed by atoms with E-state index in [1.165, 1.54) is 15.9 Å². The average molecular weight is 376 g/mol. The van der Waals surface area contributed by atoms with Crippen LogP contribution in [0.25, 0.3) is 21.6 Å². The van der Waals surface area contributed by atoms with Gasteiger partial charge in [-0.3, -0.25) is 14.2 Å². The van der Waals surface area contributed by atoms with E-state index in [-0.39, 0.29) is 5.56 Å². The van der Waals surface area contributed by atoms with Crippen molar-refractivity contribution in [3.05, 3.63) is 50.6 Å². The van der Waals surface area contributed by atoms with Gasteiger partial charge in [0.1, 0.15) is 16.7 Å². The highest BCUT2D eigenvalue weighted by atomic mass is 35.5. The van der Waals surface area contributed by atoms with Crippen LogP contribution in [0.1, 0.15) is 31.2 Å². The Morgan fingerprint density at radius 1 is 1.32 bits per heavy atom. The normalized spacial score (nSPS) is 12.4. The number of benzene rings is 1. The lowest BCUT2D eigenvalue weighted by Gasteiger charge is -2.19. The summed E-state index contributed by atoms with van der Waals surface area (Å²) in [5.74, 6) is -0.115. The maximum atomic E-state index is 13.1. The Morgan fingerprint density at radius 3 is 2.56 bits per heavy atom. The maximum Gasteiger partial charge on any atom is 0.263 e. The van der Waals surface area contributed by atoms with Crippen LogP contribution in [0, 0.1) is 0 Å². The van der Waals surface area contributed by atoms with E-state index in [9.17, 15) is 9.59 Å². The third-order valence-electron chi connectivity index (χ3n) is 4.13. The molecular formula is C18H18ClN3O2S. The zero-order valence-corrected chi connectivity index (χ0v) is 15.5. The van der Waals surface area contributed by atoms with Gasteiger partial charge in [-0.2, -0.15) is 0 Å². The predicted octanol–water partition coefficient (Wildman–Crippen LogP) is 3.78. The van der Waals surface area contributed by atoms with Gasteiger partial charge in [0.2, 0.25) is 5.91 Å². The molecule has 2 aromatic heterocycles. The van der Waals surface area contributed by atoms with E-state index < -0.39 is 11.9 Å². The van der Waals surface area contributed by atoms with E-state index in [1.54, 1.807) is 24.3 Å². The molecule has 3 rings (SSSR count). The van der Waals surface area contributed by atoms with E-state index in [1.807, 2.05) is 19.9 Å². The maximum absolute atomic E-state index is 13.1. The molecule has 7 heteroatoms. The fraction of sp³-hybridized carbons (Fsp3) is 0.278. The van der Waals surface area contributed by atoms with Gasteiger partial charge in [-0.05, 0) is 43.2 Å². The Hall–Kier alpha value is -2.18. The van der Waals surface area contributed by atoms with Crippen LogP contribution in [0.4, 0.5) is 0 Å². The van der Waals surface area contributed by atoms with Crippen LogP contribution in [0.3, 0.4) is 0 Å². The molecule has 0 aliphatic rings. The SMILES string of the molecule is CCc1cc2c(=O)n(C(CC)C(N)=O)c(-c3ccc(Cl)cc3)nc2s1. The van der Waals surface area contributed by atoms with Crippen LogP contribution >= 0.6 is 22.9 Å². The fourth-order valence-corrected chi connectivity index (χ4v) is 3.90. The van der Waals surface area contributed by atoms with Crippen molar-refractivity contribution < 1.29 is 4.79 Å². The van der Waals surface area contributed by atoms with Crippen LogP contribution in [0.5, 0.6) is 0 Å². The Morgan fingerprint density at radius 2 is 2.00 bits per heavy atom. The molecule has 0 aliphatic heterocycles. The van der Waals surface area contributed by atoms with Crippen molar-refractivity contribution in [3.63, 3.8) is 0 Å². The standard InChI is InChI=1S/C18H18ClN3O2S/c1-3-12-9-13-17(25-12)21-16(10-5-7-11(19)8-6-10)22(18(13)24)14(4-2)15(20)23/h5-9,14H,3-4H2,1-2H3,(H2,20,23). The number of nitrogens with two attached hydrogens (primary N) is 1. The summed E-state index contributed by atoms with van der Waals surface area (Å²) < 4.78 is 1.42. The molecule has 0 saturated heterocycles. The highest BCUT2D eigenvalue weighted by Crippen LogP contribution is 2.28. The molecule has 0 aliphatic carbocycles. The summed E-state index contributed by atoms with van der Waals surface area (Å²) in [4.78, 5) is 31.5. The Labute approximate surface area is 154 Å².